The Morgan fingerprint density at radius 3 is 1.56 bits per heavy atom. The van der Waals surface area contributed by atoms with E-state index in [1.807, 2.05) is 22.6 Å². The molecule has 0 bridgehead atoms. The molecule has 2 amide bonds. The van der Waals surface area contributed by atoms with Crippen molar-refractivity contribution >= 4 is 82.4 Å². The van der Waals surface area contributed by atoms with Gasteiger partial charge in [-0.2, -0.15) is 0 Å². The Kier molecular flexibility index (Phi) is 18.6. The monoisotopic (exact) mass is 1040 g/mol. The highest BCUT2D eigenvalue weighted by Crippen LogP contribution is 2.52. The smallest absolute Gasteiger partial charge is 0.264 e. The van der Waals surface area contributed by atoms with E-state index in [0.717, 1.165) is 162 Å². The maximum absolute atomic E-state index is 15.6. The van der Waals surface area contributed by atoms with Crippen LogP contribution in [0.25, 0.3) is 70.5 Å². The van der Waals surface area contributed by atoms with Gasteiger partial charge in [0, 0.05) is 55.2 Å². The van der Waals surface area contributed by atoms with E-state index in [2.05, 4.69) is 92.6 Å². The molecule has 0 fully saturated rings. The number of carbonyl (C=O) groups is 2. The van der Waals surface area contributed by atoms with E-state index in [1.165, 1.54) is 67.4 Å². The van der Waals surface area contributed by atoms with Gasteiger partial charge in [-0.15, -0.1) is 0 Å². The van der Waals surface area contributed by atoms with Crippen LogP contribution in [0.1, 0.15) is 229 Å². The predicted molar refractivity (Wildman–Crippen MR) is 325 cm³/mol. The van der Waals surface area contributed by atoms with Gasteiger partial charge in [0.2, 0.25) is 0 Å². The molecule has 1 aliphatic rings. The van der Waals surface area contributed by atoms with Crippen molar-refractivity contribution in [3.05, 3.63) is 81.1 Å². The molecule has 6 aromatic carbocycles. The number of rotatable bonds is 32. The first-order chi connectivity index (χ1) is 37.6. The first-order valence-corrected chi connectivity index (χ1v) is 31.1. The van der Waals surface area contributed by atoms with Crippen LogP contribution in [-0.4, -0.2) is 45.9 Å². The van der Waals surface area contributed by atoms with Gasteiger partial charge in [0.25, 0.3) is 17.4 Å². The predicted octanol–water partition coefficient (Wildman–Crippen LogP) is 18.8. The summed E-state index contributed by atoms with van der Waals surface area (Å²) in [5.41, 5.74) is 6.10. The van der Waals surface area contributed by atoms with Crippen molar-refractivity contribution in [2.45, 2.75) is 210 Å². The molecule has 77 heavy (non-hydrogen) atoms. The SMILES string of the molecule is CCCCCN1C(=O)c2ccc3c4ccc5c(=O)n6c7cc(CCCC(CC)CC)c(CCCC(CC)CCCC)cc7nc6c6cc(OCC(CC)CCCC)c(c7c(OCC(CC)CCCC)cc(c2c37)C1=O)c4c56. The third-order valence-electron chi connectivity index (χ3n) is 18.5. The van der Waals surface area contributed by atoms with Gasteiger partial charge in [0.05, 0.1) is 29.8 Å². The number of fused-ring (bicyclic) bond motifs is 6. The topological polar surface area (TPSA) is 90.2 Å². The number of carbonyl (C=O) groups excluding carboxylic acids is 2. The number of imidazole rings is 1. The summed E-state index contributed by atoms with van der Waals surface area (Å²) in [6.07, 6.45) is 25.4. The number of ether oxygens (including phenoxy) is 2. The molecule has 8 nitrogen and oxygen atoms in total. The van der Waals surface area contributed by atoms with Gasteiger partial charge in [-0.3, -0.25) is 23.7 Å². The number of amides is 2. The number of benzene rings is 6. The molecular weight excluding hydrogens is 951 g/mol. The van der Waals surface area contributed by atoms with Gasteiger partial charge >= 0.3 is 0 Å². The van der Waals surface area contributed by atoms with Crippen LogP contribution in [0.15, 0.2) is 53.3 Å². The number of aromatic nitrogens is 2. The summed E-state index contributed by atoms with van der Waals surface area (Å²) in [6.45, 7) is 21.8. The second-order valence-corrected chi connectivity index (χ2v) is 23.4. The Morgan fingerprint density at radius 1 is 0.455 bits per heavy atom. The lowest BCUT2D eigenvalue weighted by Gasteiger charge is -2.30. The summed E-state index contributed by atoms with van der Waals surface area (Å²) in [6, 6.07) is 16.9. The van der Waals surface area contributed by atoms with Crippen molar-refractivity contribution < 1.29 is 19.1 Å². The molecule has 0 saturated heterocycles. The zero-order valence-electron chi connectivity index (χ0n) is 48.7. The summed E-state index contributed by atoms with van der Waals surface area (Å²) in [5, 5.41) is 8.45. The Hall–Kier alpha value is -5.50. The van der Waals surface area contributed by atoms with Crippen LogP contribution in [0, 0.1) is 23.7 Å². The maximum Gasteiger partial charge on any atom is 0.264 e. The molecule has 3 unspecified atom stereocenters. The van der Waals surface area contributed by atoms with Crippen LogP contribution in [0.4, 0.5) is 0 Å². The second kappa shape index (κ2) is 25.5. The van der Waals surface area contributed by atoms with Crippen molar-refractivity contribution in [3.8, 4) is 11.5 Å². The van der Waals surface area contributed by atoms with E-state index in [-0.39, 0.29) is 17.4 Å². The van der Waals surface area contributed by atoms with Crippen LogP contribution in [0.5, 0.6) is 11.5 Å². The van der Waals surface area contributed by atoms with Gasteiger partial charge in [0.15, 0.2) is 0 Å². The first kappa shape index (κ1) is 56.2. The van der Waals surface area contributed by atoms with Crippen molar-refractivity contribution in [2.24, 2.45) is 23.7 Å². The van der Waals surface area contributed by atoms with E-state index in [1.54, 1.807) is 0 Å². The Balaban J connectivity index is 1.32. The molecule has 412 valence electrons. The van der Waals surface area contributed by atoms with Crippen molar-refractivity contribution in [2.75, 3.05) is 19.8 Å². The molecule has 8 aromatic rings. The molecule has 0 radical (unpaired) electrons. The fourth-order valence-corrected chi connectivity index (χ4v) is 13.4. The minimum atomic E-state index is -0.265. The fraction of sp³-hybridized carbons (Fsp3) is 0.565. The number of aryl methyl sites for hydroxylation is 2. The number of nitrogens with zero attached hydrogens (tertiary/aromatic N) is 3. The largest absolute Gasteiger partial charge is 0.493 e. The molecule has 0 N–H and O–H groups in total. The third-order valence-corrected chi connectivity index (χ3v) is 18.5. The van der Waals surface area contributed by atoms with Crippen LogP contribution in [0.3, 0.4) is 0 Å². The summed E-state index contributed by atoms with van der Waals surface area (Å²) in [4.78, 5) is 52.0. The molecule has 3 heterocycles. The second-order valence-electron chi connectivity index (χ2n) is 23.4. The number of unbranched alkanes of at least 4 members (excludes halogenated alkanes) is 5. The lowest BCUT2D eigenvalue weighted by molar-refractivity contribution is 0.0607. The highest BCUT2D eigenvalue weighted by Gasteiger charge is 2.36. The molecule has 0 spiro atoms. The van der Waals surface area contributed by atoms with Crippen LogP contribution < -0.4 is 15.0 Å². The van der Waals surface area contributed by atoms with E-state index in [0.29, 0.717) is 70.6 Å². The maximum atomic E-state index is 15.6. The number of imide groups is 1. The first-order valence-electron chi connectivity index (χ1n) is 31.1. The lowest BCUT2D eigenvalue weighted by Crippen LogP contribution is -2.41. The summed E-state index contributed by atoms with van der Waals surface area (Å²) in [7, 11) is 0. The van der Waals surface area contributed by atoms with Gasteiger partial charge in [-0.05, 0) is 127 Å². The molecule has 8 heteroatoms. The van der Waals surface area contributed by atoms with E-state index >= 15 is 4.79 Å². The standard InChI is InChI=1S/C69H91N3O5/c1-10-19-23-37-71-67(73)52-35-33-51-50-34-36-53-60-54(66-70-56-38-48(31-25-30-45(16-7)26-20-11-2)49(32-24-29-44(14-5)15-6)39-57(56)72(66)69(53)75)40-58(76-42-46(17-8)27-21-12-3)64(62(50)60)65-59(77-43-47(18-9)28-22-13-4)41-55(68(71)74)61(52)63(51)65/h33-36,38-41,44-47H,10-32,37,42-43H2,1-9H3. The molecule has 0 saturated carbocycles. The molecule has 9 rings (SSSR count). The van der Waals surface area contributed by atoms with Crippen molar-refractivity contribution in [1.82, 2.24) is 14.3 Å². The Labute approximate surface area is 459 Å². The minimum Gasteiger partial charge on any atom is -0.493 e. The highest BCUT2D eigenvalue weighted by atomic mass is 16.5. The molecule has 1 aliphatic heterocycles. The van der Waals surface area contributed by atoms with Crippen molar-refractivity contribution in [3.63, 3.8) is 0 Å². The Bertz CT molecular complexity index is 3380. The number of hydrogen-bond acceptors (Lipinski definition) is 6. The number of hydrogen-bond donors (Lipinski definition) is 0. The van der Waals surface area contributed by atoms with E-state index in [9.17, 15) is 9.59 Å². The lowest BCUT2D eigenvalue weighted by atomic mass is 9.83. The average Bonchev–Trinajstić information content (AvgIpc) is 3.90. The number of pyridine rings is 1. The van der Waals surface area contributed by atoms with Crippen LogP contribution in [-0.2, 0) is 12.8 Å². The summed E-state index contributed by atoms with van der Waals surface area (Å²) < 4.78 is 16.4. The molecule has 3 atom stereocenters. The minimum absolute atomic E-state index is 0.0715. The molecule has 0 aliphatic carbocycles. The Morgan fingerprint density at radius 2 is 0.961 bits per heavy atom. The van der Waals surface area contributed by atoms with Crippen LogP contribution >= 0.6 is 0 Å². The van der Waals surface area contributed by atoms with E-state index in [4.69, 9.17) is 14.5 Å². The third kappa shape index (κ3) is 11.0. The molecular formula is C69H91N3O5. The zero-order chi connectivity index (χ0) is 54.3. The summed E-state index contributed by atoms with van der Waals surface area (Å²) in [5.74, 6) is 2.98. The molecule has 2 aromatic heterocycles. The van der Waals surface area contributed by atoms with Crippen LogP contribution in [0.2, 0.25) is 0 Å². The van der Waals surface area contributed by atoms with Gasteiger partial charge < -0.3 is 9.47 Å². The highest BCUT2D eigenvalue weighted by molar-refractivity contribution is 6.43. The zero-order valence-corrected chi connectivity index (χ0v) is 48.7. The van der Waals surface area contributed by atoms with Gasteiger partial charge in [-0.25, -0.2) is 4.98 Å². The van der Waals surface area contributed by atoms with Crippen molar-refractivity contribution in [1.29, 1.82) is 0 Å². The van der Waals surface area contributed by atoms with E-state index < -0.39 is 0 Å². The fourth-order valence-electron chi connectivity index (χ4n) is 13.4. The quantitative estimate of drug-likeness (QED) is 0.0181. The normalized spacial score (nSPS) is 14.4. The summed E-state index contributed by atoms with van der Waals surface area (Å²) >= 11 is 0. The van der Waals surface area contributed by atoms with Gasteiger partial charge in [-0.1, -0.05) is 177 Å². The average molecular weight is 1040 g/mol. The van der Waals surface area contributed by atoms with Gasteiger partial charge in [0.1, 0.15) is 17.1 Å².